The topological polar surface area (TPSA) is 89.3 Å². The lowest BCUT2D eigenvalue weighted by Crippen LogP contribution is -2.34. The summed E-state index contributed by atoms with van der Waals surface area (Å²) in [5.41, 5.74) is 0.326. The Bertz CT molecular complexity index is 632. The molecule has 1 aromatic rings. The van der Waals surface area contributed by atoms with Crippen molar-refractivity contribution in [3.8, 4) is 0 Å². The zero-order chi connectivity index (χ0) is 14.9. The van der Waals surface area contributed by atoms with E-state index in [2.05, 4.69) is 5.32 Å². The molecule has 1 fully saturated rings. The zero-order valence-corrected chi connectivity index (χ0v) is 12.4. The molecule has 2 rings (SSSR count). The number of sulfone groups is 1. The molecule has 110 valence electrons. The van der Waals surface area contributed by atoms with Crippen molar-refractivity contribution in [2.24, 2.45) is 0 Å². The molecule has 1 aliphatic rings. The lowest BCUT2D eigenvalue weighted by atomic mass is 10.2. The number of halogens is 1. The van der Waals surface area contributed by atoms with E-state index in [0.717, 1.165) is 12.8 Å². The quantitative estimate of drug-likeness (QED) is 0.681. The summed E-state index contributed by atoms with van der Waals surface area (Å²) in [6, 6.07) is 4.17. The summed E-state index contributed by atoms with van der Waals surface area (Å²) >= 11 is 5.74. The average Bonchev–Trinajstić information content (AvgIpc) is 2.79. The van der Waals surface area contributed by atoms with Gasteiger partial charge in [0.15, 0.2) is 9.84 Å². The van der Waals surface area contributed by atoms with Gasteiger partial charge in [-0.1, -0.05) is 11.6 Å². The lowest BCUT2D eigenvalue weighted by Gasteiger charge is -2.20. The fraction of sp³-hybridized carbons (Fsp3) is 0.500. The molecule has 2 atom stereocenters. The van der Waals surface area contributed by atoms with Crippen molar-refractivity contribution in [2.45, 2.75) is 30.6 Å². The maximum atomic E-state index is 11.7. The van der Waals surface area contributed by atoms with E-state index in [1.165, 1.54) is 18.4 Å². The number of rotatable bonds is 4. The minimum Gasteiger partial charge on any atom is -0.381 e. The molecular formula is C12H15ClN2O4S. The van der Waals surface area contributed by atoms with Crippen LogP contribution in [-0.2, 0) is 9.84 Å². The van der Waals surface area contributed by atoms with Crippen LogP contribution in [0.4, 0.5) is 11.4 Å². The van der Waals surface area contributed by atoms with E-state index in [-0.39, 0.29) is 16.8 Å². The van der Waals surface area contributed by atoms with Gasteiger partial charge in [0.05, 0.1) is 10.2 Å². The van der Waals surface area contributed by atoms with Gasteiger partial charge in [-0.05, 0) is 31.4 Å². The Morgan fingerprint density at radius 2 is 2.10 bits per heavy atom. The van der Waals surface area contributed by atoms with Crippen LogP contribution in [0, 0.1) is 10.1 Å². The van der Waals surface area contributed by atoms with Gasteiger partial charge in [0, 0.05) is 24.1 Å². The first-order valence-electron chi connectivity index (χ1n) is 6.18. The number of nitrogens with zero attached hydrogens (tertiary/aromatic N) is 1. The number of nitro groups is 1. The Morgan fingerprint density at radius 3 is 2.70 bits per heavy atom. The number of benzene rings is 1. The van der Waals surface area contributed by atoms with Crippen LogP contribution in [0.15, 0.2) is 18.2 Å². The molecule has 0 spiro atoms. The van der Waals surface area contributed by atoms with E-state index in [1.807, 2.05) is 0 Å². The first-order chi connectivity index (χ1) is 9.29. The third kappa shape index (κ3) is 3.21. The van der Waals surface area contributed by atoms with Crippen LogP contribution in [-0.4, -0.2) is 30.9 Å². The normalized spacial score (nSPS) is 22.7. The molecule has 0 saturated heterocycles. The molecule has 0 aromatic heterocycles. The van der Waals surface area contributed by atoms with Gasteiger partial charge in [0.2, 0.25) is 0 Å². The summed E-state index contributed by atoms with van der Waals surface area (Å²) in [4.78, 5) is 10.3. The maximum absolute atomic E-state index is 11.7. The summed E-state index contributed by atoms with van der Waals surface area (Å²) < 4.78 is 23.4. The fourth-order valence-corrected chi connectivity index (χ4v) is 4.14. The van der Waals surface area contributed by atoms with Gasteiger partial charge in [-0.3, -0.25) is 10.1 Å². The summed E-state index contributed by atoms with van der Waals surface area (Å²) in [6.45, 7) is 0. The molecule has 0 radical (unpaired) electrons. The van der Waals surface area contributed by atoms with Crippen LogP contribution < -0.4 is 5.32 Å². The number of nitro benzene ring substituents is 1. The monoisotopic (exact) mass is 318 g/mol. The smallest absolute Gasteiger partial charge is 0.289 e. The SMILES string of the molecule is CS(=O)(=O)C1CCCC1Nc1ccc(Cl)c([N+](=O)[O-])c1. The maximum Gasteiger partial charge on any atom is 0.289 e. The van der Waals surface area contributed by atoms with Crippen molar-refractivity contribution in [2.75, 3.05) is 11.6 Å². The minimum absolute atomic E-state index is 0.0617. The van der Waals surface area contributed by atoms with Gasteiger partial charge in [0.25, 0.3) is 5.69 Å². The van der Waals surface area contributed by atoms with E-state index in [0.29, 0.717) is 12.1 Å². The van der Waals surface area contributed by atoms with E-state index < -0.39 is 20.0 Å². The molecule has 1 saturated carbocycles. The van der Waals surface area contributed by atoms with Crippen LogP contribution in [0.1, 0.15) is 19.3 Å². The van der Waals surface area contributed by atoms with Gasteiger partial charge in [-0.15, -0.1) is 0 Å². The van der Waals surface area contributed by atoms with Crippen molar-refractivity contribution >= 4 is 32.8 Å². The second-order valence-electron chi connectivity index (χ2n) is 4.97. The molecular weight excluding hydrogens is 304 g/mol. The Hall–Kier alpha value is -1.34. The third-order valence-electron chi connectivity index (χ3n) is 3.50. The van der Waals surface area contributed by atoms with E-state index in [9.17, 15) is 18.5 Å². The van der Waals surface area contributed by atoms with Crippen LogP contribution in [0.25, 0.3) is 0 Å². The number of nitrogens with one attached hydrogen (secondary N) is 1. The summed E-state index contributed by atoms with van der Waals surface area (Å²) in [5, 5.41) is 13.5. The summed E-state index contributed by atoms with van der Waals surface area (Å²) in [6.07, 6.45) is 3.40. The molecule has 1 aliphatic carbocycles. The van der Waals surface area contributed by atoms with Gasteiger partial charge < -0.3 is 5.32 Å². The Labute approximate surface area is 122 Å². The highest BCUT2D eigenvalue weighted by Crippen LogP contribution is 2.31. The predicted molar refractivity (Wildman–Crippen MR) is 78.0 cm³/mol. The standard InChI is InChI=1S/C12H15ClN2O4S/c1-20(18,19)12-4-2-3-10(12)14-8-5-6-9(13)11(7-8)15(16)17/h5-7,10,12,14H,2-4H2,1H3. The minimum atomic E-state index is -3.13. The van der Waals surface area contributed by atoms with E-state index >= 15 is 0 Å². The Morgan fingerprint density at radius 1 is 1.40 bits per heavy atom. The largest absolute Gasteiger partial charge is 0.381 e. The van der Waals surface area contributed by atoms with Crippen molar-refractivity contribution in [3.63, 3.8) is 0 Å². The first kappa shape index (κ1) is 15.1. The van der Waals surface area contributed by atoms with Crippen molar-refractivity contribution in [1.29, 1.82) is 0 Å². The molecule has 1 N–H and O–H groups in total. The summed E-state index contributed by atoms with van der Waals surface area (Å²) in [5.74, 6) is 0. The predicted octanol–water partition coefficient (Wildman–Crippen LogP) is 2.63. The molecule has 6 nitrogen and oxygen atoms in total. The molecule has 0 heterocycles. The number of anilines is 1. The van der Waals surface area contributed by atoms with Crippen molar-refractivity contribution in [1.82, 2.24) is 0 Å². The Kier molecular flexibility index (Phi) is 4.19. The zero-order valence-electron chi connectivity index (χ0n) is 10.9. The van der Waals surface area contributed by atoms with Gasteiger partial charge in [-0.2, -0.15) is 0 Å². The lowest BCUT2D eigenvalue weighted by molar-refractivity contribution is -0.384. The average molecular weight is 319 g/mol. The third-order valence-corrected chi connectivity index (χ3v) is 5.48. The highest BCUT2D eigenvalue weighted by molar-refractivity contribution is 7.91. The van der Waals surface area contributed by atoms with Crippen LogP contribution in [0.3, 0.4) is 0 Å². The molecule has 1 aromatic carbocycles. The fourth-order valence-electron chi connectivity index (χ4n) is 2.56. The first-order valence-corrected chi connectivity index (χ1v) is 8.51. The van der Waals surface area contributed by atoms with Crippen molar-refractivity contribution in [3.05, 3.63) is 33.3 Å². The summed E-state index contributed by atoms with van der Waals surface area (Å²) in [7, 11) is -3.13. The number of hydrogen-bond donors (Lipinski definition) is 1. The van der Waals surface area contributed by atoms with Crippen LogP contribution in [0.5, 0.6) is 0 Å². The molecule has 2 unspecified atom stereocenters. The molecule has 0 bridgehead atoms. The highest BCUT2D eigenvalue weighted by Gasteiger charge is 2.34. The van der Waals surface area contributed by atoms with Crippen LogP contribution >= 0.6 is 11.6 Å². The van der Waals surface area contributed by atoms with E-state index in [4.69, 9.17) is 11.6 Å². The number of hydrogen-bond acceptors (Lipinski definition) is 5. The molecule has 0 amide bonds. The van der Waals surface area contributed by atoms with E-state index in [1.54, 1.807) is 6.07 Å². The second-order valence-corrected chi connectivity index (χ2v) is 7.64. The Balaban J connectivity index is 2.22. The second kappa shape index (κ2) is 5.57. The molecule has 0 aliphatic heterocycles. The van der Waals surface area contributed by atoms with Gasteiger partial charge in [0.1, 0.15) is 5.02 Å². The molecule has 8 heteroatoms. The highest BCUT2D eigenvalue weighted by atomic mass is 35.5. The van der Waals surface area contributed by atoms with Gasteiger partial charge in [-0.25, -0.2) is 8.42 Å². The van der Waals surface area contributed by atoms with Crippen LogP contribution in [0.2, 0.25) is 5.02 Å². The molecule has 20 heavy (non-hydrogen) atoms. The van der Waals surface area contributed by atoms with Crippen molar-refractivity contribution < 1.29 is 13.3 Å². The van der Waals surface area contributed by atoms with Gasteiger partial charge >= 0.3 is 0 Å².